The zero-order valence-electron chi connectivity index (χ0n) is 9.18. The van der Waals surface area contributed by atoms with Crippen LogP contribution in [0.2, 0.25) is 0 Å². The Morgan fingerprint density at radius 3 is 2.61 bits per heavy atom. The van der Waals surface area contributed by atoms with Crippen LogP contribution >= 0.6 is 0 Å². The Labute approximate surface area is 103 Å². The number of rotatable bonds is 5. The van der Waals surface area contributed by atoms with E-state index in [4.69, 9.17) is 5.11 Å². The molecule has 1 fully saturated rings. The normalized spacial score (nSPS) is 15.4. The van der Waals surface area contributed by atoms with Gasteiger partial charge in [-0.1, -0.05) is 0 Å². The molecular weight excluding hydrogens is 263 g/mol. The highest BCUT2D eigenvalue weighted by Crippen LogP contribution is 2.21. The molecule has 18 heavy (non-hydrogen) atoms. The monoisotopic (exact) mass is 274 g/mol. The first-order valence-corrected chi connectivity index (χ1v) is 6.68. The molecule has 1 saturated carbocycles. The molecule has 2 rings (SSSR count). The van der Waals surface area contributed by atoms with E-state index in [1.54, 1.807) is 0 Å². The average Bonchev–Trinajstić information content (AvgIpc) is 3.03. The molecule has 0 saturated heterocycles. The molecule has 0 aliphatic heterocycles. The fraction of sp³-hybridized carbons (Fsp3) is 0.300. The van der Waals surface area contributed by atoms with Gasteiger partial charge in [-0.3, -0.25) is 4.72 Å². The van der Waals surface area contributed by atoms with Gasteiger partial charge in [0.1, 0.15) is 5.82 Å². The Hall–Kier alpha value is -1.67. The molecule has 1 aliphatic rings. The molecule has 0 radical (unpaired) electrons. The van der Waals surface area contributed by atoms with Gasteiger partial charge in [0.15, 0.2) is 0 Å². The number of carbonyl (C=O) groups is 1. The molecule has 1 aromatic rings. The first-order chi connectivity index (χ1) is 8.37. The molecule has 0 aromatic heterocycles. The van der Waals surface area contributed by atoms with Crippen molar-refractivity contribution >= 4 is 21.9 Å². The third kappa shape index (κ3) is 3.17. The molecule has 1 aromatic carbocycles. The van der Waals surface area contributed by atoms with Crippen LogP contribution in [0.1, 0.15) is 23.2 Å². The predicted molar refractivity (Wildman–Crippen MR) is 62.1 cm³/mol. The van der Waals surface area contributed by atoms with E-state index in [0.717, 1.165) is 31.0 Å². The summed E-state index contributed by atoms with van der Waals surface area (Å²) in [5.41, 5.74) is -0.580. The minimum atomic E-state index is -3.87. The topological polar surface area (TPSA) is 95.5 Å². The zero-order valence-corrected chi connectivity index (χ0v) is 10.00. The summed E-state index contributed by atoms with van der Waals surface area (Å²) in [7, 11) is -3.87. The molecule has 0 unspecified atom stereocenters. The predicted octanol–water partition coefficient (Wildman–Crippen LogP) is 0.933. The number of aromatic carboxylic acids is 1. The van der Waals surface area contributed by atoms with E-state index < -0.39 is 22.0 Å². The maximum absolute atomic E-state index is 13.4. The Morgan fingerprint density at radius 1 is 1.39 bits per heavy atom. The van der Waals surface area contributed by atoms with E-state index in [0.29, 0.717) is 0 Å². The average molecular weight is 274 g/mol. The summed E-state index contributed by atoms with van der Waals surface area (Å²) in [6, 6.07) is 2.78. The van der Waals surface area contributed by atoms with Crippen molar-refractivity contribution in [3.63, 3.8) is 0 Å². The minimum Gasteiger partial charge on any atom is -0.478 e. The fourth-order valence-corrected chi connectivity index (χ4v) is 2.51. The number of hydrogen-bond acceptors (Lipinski definition) is 3. The second kappa shape index (κ2) is 4.54. The third-order valence-corrected chi connectivity index (χ3v) is 3.49. The molecule has 0 heterocycles. The van der Waals surface area contributed by atoms with Gasteiger partial charge in [-0.2, -0.15) is 13.1 Å². The molecule has 98 valence electrons. The summed E-state index contributed by atoms with van der Waals surface area (Å²) in [4.78, 5) is 10.7. The number of carboxylic acids is 1. The fourth-order valence-electron chi connectivity index (χ4n) is 1.33. The third-order valence-electron chi connectivity index (χ3n) is 2.36. The lowest BCUT2D eigenvalue weighted by molar-refractivity contribution is 0.0697. The molecule has 3 N–H and O–H groups in total. The second-order valence-corrected chi connectivity index (χ2v) is 5.44. The van der Waals surface area contributed by atoms with Gasteiger partial charge in [0.2, 0.25) is 0 Å². The molecule has 8 heteroatoms. The highest BCUT2D eigenvalue weighted by Gasteiger charge is 2.27. The number of halogens is 1. The van der Waals surface area contributed by atoms with Crippen molar-refractivity contribution in [2.75, 3.05) is 4.72 Å². The lowest BCUT2D eigenvalue weighted by Gasteiger charge is -2.09. The molecular formula is C10H11FN2O4S. The molecule has 0 amide bonds. The SMILES string of the molecule is O=C(O)c1ccc(F)c(NS(=O)(=O)NC2CC2)c1. The number of nitrogens with one attached hydrogen (secondary N) is 2. The molecule has 0 spiro atoms. The van der Waals surface area contributed by atoms with Crippen molar-refractivity contribution in [1.82, 2.24) is 4.72 Å². The molecule has 0 atom stereocenters. The van der Waals surface area contributed by atoms with E-state index in [2.05, 4.69) is 4.72 Å². The van der Waals surface area contributed by atoms with Gasteiger partial charge >= 0.3 is 5.97 Å². The smallest absolute Gasteiger partial charge is 0.335 e. The van der Waals surface area contributed by atoms with Crippen LogP contribution in [0.3, 0.4) is 0 Å². The number of benzene rings is 1. The quantitative estimate of drug-likeness (QED) is 0.744. The zero-order chi connectivity index (χ0) is 13.3. The van der Waals surface area contributed by atoms with E-state index in [9.17, 15) is 17.6 Å². The van der Waals surface area contributed by atoms with Crippen LogP contribution < -0.4 is 9.44 Å². The van der Waals surface area contributed by atoms with Gasteiger partial charge in [-0.25, -0.2) is 9.18 Å². The molecule has 6 nitrogen and oxygen atoms in total. The van der Waals surface area contributed by atoms with Crippen LogP contribution in [0.25, 0.3) is 0 Å². The standard InChI is InChI=1S/C10H11FN2O4S/c11-8-4-1-6(10(14)15)5-9(8)13-18(16,17)12-7-2-3-7/h1,4-5,7,12-13H,2-3H2,(H,14,15). The summed E-state index contributed by atoms with van der Waals surface area (Å²) in [6.45, 7) is 0. The summed E-state index contributed by atoms with van der Waals surface area (Å²) < 4.78 is 40.7. The Balaban J connectivity index is 2.21. The summed E-state index contributed by atoms with van der Waals surface area (Å²) >= 11 is 0. The largest absolute Gasteiger partial charge is 0.478 e. The van der Waals surface area contributed by atoms with Crippen LogP contribution in [0.5, 0.6) is 0 Å². The van der Waals surface area contributed by atoms with Gasteiger partial charge < -0.3 is 5.11 Å². The maximum Gasteiger partial charge on any atom is 0.335 e. The van der Waals surface area contributed by atoms with Crippen LogP contribution in [0.4, 0.5) is 10.1 Å². The lowest BCUT2D eigenvalue weighted by Crippen LogP contribution is -2.32. The Kier molecular flexibility index (Phi) is 3.22. The van der Waals surface area contributed by atoms with Crippen molar-refractivity contribution in [1.29, 1.82) is 0 Å². The van der Waals surface area contributed by atoms with Crippen LogP contribution in [-0.4, -0.2) is 25.5 Å². The van der Waals surface area contributed by atoms with Gasteiger partial charge in [0.25, 0.3) is 10.2 Å². The molecule has 1 aliphatic carbocycles. The maximum atomic E-state index is 13.4. The van der Waals surface area contributed by atoms with Gasteiger partial charge in [0, 0.05) is 6.04 Å². The van der Waals surface area contributed by atoms with E-state index in [-0.39, 0.29) is 17.3 Å². The van der Waals surface area contributed by atoms with Crippen molar-refractivity contribution < 1.29 is 22.7 Å². The van der Waals surface area contributed by atoms with E-state index in [1.807, 2.05) is 4.72 Å². The van der Waals surface area contributed by atoms with Crippen molar-refractivity contribution in [2.45, 2.75) is 18.9 Å². The number of hydrogen-bond donors (Lipinski definition) is 3. The van der Waals surface area contributed by atoms with Gasteiger partial charge in [0.05, 0.1) is 11.3 Å². The highest BCUT2D eigenvalue weighted by molar-refractivity contribution is 7.90. The van der Waals surface area contributed by atoms with Crippen molar-refractivity contribution in [3.8, 4) is 0 Å². The van der Waals surface area contributed by atoms with Crippen LogP contribution in [-0.2, 0) is 10.2 Å². The Bertz CT molecular complexity index is 584. The summed E-state index contributed by atoms with van der Waals surface area (Å²) in [6.07, 6.45) is 1.50. The van der Waals surface area contributed by atoms with Crippen molar-refractivity contribution in [3.05, 3.63) is 29.6 Å². The van der Waals surface area contributed by atoms with Gasteiger partial charge in [-0.15, -0.1) is 0 Å². The van der Waals surface area contributed by atoms with E-state index >= 15 is 0 Å². The Morgan fingerprint density at radius 2 is 2.06 bits per heavy atom. The van der Waals surface area contributed by atoms with Gasteiger partial charge in [-0.05, 0) is 31.0 Å². The van der Waals surface area contributed by atoms with E-state index in [1.165, 1.54) is 0 Å². The first kappa shape index (κ1) is 12.8. The lowest BCUT2D eigenvalue weighted by atomic mass is 10.2. The summed E-state index contributed by atoms with van der Waals surface area (Å²) in [5, 5.41) is 8.74. The highest BCUT2D eigenvalue weighted by atomic mass is 32.2. The number of anilines is 1. The van der Waals surface area contributed by atoms with Crippen LogP contribution in [0.15, 0.2) is 18.2 Å². The first-order valence-electron chi connectivity index (χ1n) is 5.20. The van der Waals surface area contributed by atoms with Crippen LogP contribution in [0, 0.1) is 5.82 Å². The van der Waals surface area contributed by atoms with Crippen molar-refractivity contribution in [2.24, 2.45) is 0 Å². The summed E-state index contributed by atoms with van der Waals surface area (Å²) in [5.74, 6) is -2.09. The minimum absolute atomic E-state index is 0.117. The number of carboxylic acid groups (broad SMARTS) is 1. The molecule has 0 bridgehead atoms. The second-order valence-electron chi connectivity index (χ2n) is 4.00.